The fourth-order valence-corrected chi connectivity index (χ4v) is 3.32. The van der Waals surface area contributed by atoms with Gasteiger partial charge in [-0.2, -0.15) is 0 Å². The van der Waals surface area contributed by atoms with Gasteiger partial charge < -0.3 is 0 Å². The van der Waals surface area contributed by atoms with E-state index >= 15 is 0 Å². The fourth-order valence-electron chi connectivity index (χ4n) is 1.72. The van der Waals surface area contributed by atoms with Gasteiger partial charge in [0.25, 0.3) is 0 Å². The summed E-state index contributed by atoms with van der Waals surface area (Å²) in [5.74, 6) is 0. The van der Waals surface area contributed by atoms with Crippen molar-refractivity contribution in [1.29, 1.82) is 0 Å². The van der Waals surface area contributed by atoms with Crippen LogP contribution in [0.3, 0.4) is 0 Å². The van der Waals surface area contributed by atoms with Crippen LogP contribution in [0.25, 0.3) is 20.2 Å². The Hall–Kier alpha value is -0.570. The highest BCUT2D eigenvalue weighted by atomic mass is 79.9. The molecular weight excluding hydrogens is 292 g/mol. The van der Waals surface area contributed by atoms with Crippen molar-refractivity contribution in [3.63, 3.8) is 0 Å². The van der Waals surface area contributed by atoms with E-state index in [0.29, 0.717) is 0 Å². The van der Waals surface area contributed by atoms with E-state index < -0.39 is 0 Å². The van der Waals surface area contributed by atoms with Gasteiger partial charge in [-0.25, -0.2) is 0 Å². The molecule has 3 heteroatoms. The second-order valence-electron chi connectivity index (χ2n) is 3.38. The van der Waals surface area contributed by atoms with Crippen molar-refractivity contribution in [3.05, 3.63) is 45.9 Å². The van der Waals surface area contributed by atoms with Gasteiger partial charge in [0, 0.05) is 29.7 Å². The van der Waals surface area contributed by atoms with Crippen LogP contribution < -0.4 is 0 Å². The molecule has 0 nitrogen and oxygen atoms in total. The average Bonchev–Trinajstić information content (AvgIpc) is 2.56. The van der Waals surface area contributed by atoms with Gasteiger partial charge in [0.05, 0.1) is 0 Å². The number of halogens is 2. The molecule has 0 bridgehead atoms. The second kappa shape index (κ2) is 3.48. The van der Waals surface area contributed by atoms with E-state index in [2.05, 4.69) is 40.2 Å². The van der Waals surface area contributed by atoms with Gasteiger partial charge in [-0.3, -0.25) is 0 Å². The maximum absolute atomic E-state index is 6.01. The van der Waals surface area contributed by atoms with Crippen molar-refractivity contribution in [2.75, 3.05) is 0 Å². The smallest absolute Gasteiger partial charge is 0.0413 e. The van der Waals surface area contributed by atoms with E-state index in [-0.39, 0.29) is 0 Å². The standard InChI is InChI=1S/C12H6BrClS/c13-7-1-3-11-9(5-7)10-6-8(14)2-4-12(10)15-11/h1-6H. The van der Waals surface area contributed by atoms with E-state index in [1.165, 1.54) is 20.2 Å². The molecule has 0 aliphatic rings. The van der Waals surface area contributed by atoms with Crippen LogP contribution in [0.1, 0.15) is 0 Å². The average molecular weight is 298 g/mol. The minimum atomic E-state index is 0.794. The van der Waals surface area contributed by atoms with E-state index in [0.717, 1.165) is 9.50 Å². The lowest BCUT2D eigenvalue weighted by molar-refractivity contribution is 1.77. The van der Waals surface area contributed by atoms with Crippen LogP contribution in [0.4, 0.5) is 0 Å². The predicted octanol–water partition coefficient (Wildman–Crippen LogP) is 5.47. The Labute approximate surface area is 105 Å². The maximum atomic E-state index is 6.01. The van der Waals surface area contributed by atoms with Crippen LogP contribution in [0.15, 0.2) is 40.9 Å². The lowest BCUT2D eigenvalue weighted by Gasteiger charge is -1.93. The molecule has 2 aromatic carbocycles. The van der Waals surface area contributed by atoms with Gasteiger partial charge in [0.1, 0.15) is 0 Å². The number of hydrogen-bond acceptors (Lipinski definition) is 1. The first kappa shape index (κ1) is 9.64. The Morgan fingerprint density at radius 3 is 2.40 bits per heavy atom. The SMILES string of the molecule is Clc1ccc2sc3ccc(Br)cc3c2c1. The largest absolute Gasteiger partial charge is 0.135 e. The number of thiophene rings is 1. The molecule has 74 valence electrons. The third-order valence-electron chi connectivity index (χ3n) is 2.39. The lowest BCUT2D eigenvalue weighted by Crippen LogP contribution is -1.67. The van der Waals surface area contributed by atoms with E-state index in [4.69, 9.17) is 11.6 Å². The first-order chi connectivity index (χ1) is 7.24. The minimum absolute atomic E-state index is 0.794. The highest BCUT2D eigenvalue weighted by Gasteiger charge is 2.05. The summed E-state index contributed by atoms with van der Waals surface area (Å²) in [6.45, 7) is 0. The van der Waals surface area contributed by atoms with Crippen LogP contribution in [0, 0.1) is 0 Å². The van der Waals surface area contributed by atoms with Gasteiger partial charge in [0.2, 0.25) is 0 Å². The van der Waals surface area contributed by atoms with Crippen molar-refractivity contribution in [1.82, 2.24) is 0 Å². The zero-order valence-electron chi connectivity index (χ0n) is 7.63. The molecule has 1 heterocycles. The zero-order chi connectivity index (χ0) is 10.4. The molecule has 0 unspecified atom stereocenters. The molecule has 0 saturated heterocycles. The molecule has 0 fully saturated rings. The summed E-state index contributed by atoms with van der Waals surface area (Å²) in [5, 5.41) is 3.30. The molecule has 3 aromatic rings. The first-order valence-corrected chi connectivity index (χ1v) is 6.50. The van der Waals surface area contributed by atoms with Gasteiger partial charge >= 0.3 is 0 Å². The molecule has 0 saturated carbocycles. The summed E-state index contributed by atoms with van der Waals surface area (Å²) in [7, 11) is 0. The van der Waals surface area contributed by atoms with Gasteiger partial charge in [-0.1, -0.05) is 27.5 Å². The Balaban J connectivity index is 2.55. The van der Waals surface area contributed by atoms with E-state index in [1.807, 2.05) is 12.1 Å². The summed E-state index contributed by atoms with van der Waals surface area (Å²) >= 11 is 11.3. The summed E-state index contributed by atoms with van der Waals surface area (Å²) < 4.78 is 3.69. The highest BCUT2D eigenvalue weighted by Crippen LogP contribution is 2.36. The van der Waals surface area contributed by atoms with Crippen molar-refractivity contribution in [2.24, 2.45) is 0 Å². The van der Waals surface area contributed by atoms with E-state index in [1.54, 1.807) is 11.3 Å². The lowest BCUT2D eigenvalue weighted by atomic mass is 10.1. The molecule has 0 aliphatic heterocycles. The highest BCUT2D eigenvalue weighted by molar-refractivity contribution is 9.10. The summed E-state index contributed by atoms with van der Waals surface area (Å²) in [6.07, 6.45) is 0. The van der Waals surface area contributed by atoms with Crippen LogP contribution in [-0.2, 0) is 0 Å². The molecule has 3 rings (SSSR count). The minimum Gasteiger partial charge on any atom is -0.135 e. The monoisotopic (exact) mass is 296 g/mol. The summed E-state index contributed by atoms with van der Waals surface area (Å²) in [4.78, 5) is 0. The Morgan fingerprint density at radius 2 is 1.60 bits per heavy atom. The van der Waals surface area contributed by atoms with Crippen molar-refractivity contribution in [3.8, 4) is 0 Å². The van der Waals surface area contributed by atoms with Crippen molar-refractivity contribution >= 4 is 59.0 Å². The second-order valence-corrected chi connectivity index (χ2v) is 5.82. The molecule has 0 N–H and O–H groups in total. The molecule has 0 amide bonds. The molecule has 0 atom stereocenters. The molecule has 0 aliphatic carbocycles. The fraction of sp³-hybridized carbons (Fsp3) is 0. The van der Waals surface area contributed by atoms with Crippen LogP contribution in [-0.4, -0.2) is 0 Å². The molecule has 0 radical (unpaired) electrons. The summed E-state index contributed by atoms with van der Waals surface area (Å²) in [5.41, 5.74) is 0. The van der Waals surface area contributed by atoms with Crippen molar-refractivity contribution in [2.45, 2.75) is 0 Å². The molecule has 15 heavy (non-hydrogen) atoms. The van der Waals surface area contributed by atoms with Crippen LogP contribution >= 0.6 is 38.9 Å². The Morgan fingerprint density at radius 1 is 0.933 bits per heavy atom. The zero-order valence-corrected chi connectivity index (χ0v) is 10.8. The number of benzene rings is 2. The third kappa shape index (κ3) is 1.57. The molecule has 1 aromatic heterocycles. The number of rotatable bonds is 0. The first-order valence-electron chi connectivity index (χ1n) is 4.51. The van der Waals surface area contributed by atoms with Gasteiger partial charge in [0.15, 0.2) is 0 Å². The Kier molecular flexibility index (Phi) is 2.23. The third-order valence-corrected chi connectivity index (χ3v) is 4.27. The quantitative estimate of drug-likeness (QED) is 0.516. The summed E-state index contributed by atoms with van der Waals surface area (Å²) in [6, 6.07) is 12.4. The van der Waals surface area contributed by atoms with Gasteiger partial charge in [-0.05, 0) is 36.4 Å². The maximum Gasteiger partial charge on any atom is 0.0413 e. The normalized spacial score (nSPS) is 11.3. The van der Waals surface area contributed by atoms with Crippen molar-refractivity contribution < 1.29 is 0 Å². The van der Waals surface area contributed by atoms with Crippen LogP contribution in [0.5, 0.6) is 0 Å². The Bertz CT molecular complexity index is 601. The van der Waals surface area contributed by atoms with E-state index in [9.17, 15) is 0 Å². The molecular formula is C12H6BrClS. The predicted molar refractivity (Wildman–Crippen MR) is 72.0 cm³/mol. The van der Waals surface area contributed by atoms with Gasteiger partial charge in [-0.15, -0.1) is 11.3 Å². The van der Waals surface area contributed by atoms with Crippen LogP contribution in [0.2, 0.25) is 5.02 Å². The number of hydrogen-bond donors (Lipinski definition) is 0. The topological polar surface area (TPSA) is 0 Å². The number of fused-ring (bicyclic) bond motifs is 3. The molecule has 0 spiro atoms.